The molecule has 0 aliphatic heterocycles. The fourth-order valence-corrected chi connectivity index (χ4v) is 1.91. The third kappa shape index (κ3) is 2.86. The Bertz CT molecular complexity index is 597. The molecule has 1 aromatic carbocycles. The maximum absolute atomic E-state index is 12.3. The summed E-state index contributed by atoms with van der Waals surface area (Å²) in [6.45, 7) is 2.06. The number of pyridine rings is 1. The number of hydrogen-bond donors (Lipinski definition) is 0. The summed E-state index contributed by atoms with van der Waals surface area (Å²) in [5, 5.41) is 9.22. The van der Waals surface area contributed by atoms with Gasteiger partial charge in [0.2, 0.25) is 0 Å². The van der Waals surface area contributed by atoms with Crippen LogP contribution < -0.4 is 0 Å². The molecule has 0 radical (unpaired) electrons. The molecule has 0 amide bonds. The molecular formula is C16H14N2O. The number of rotatable bonds is 4. The van der Waals surface area contributed by atoms with Gasteiger partial charge >= 0.3 is 0 Å². The summed E-state index contributed by atoms with van der Waals surface area (Å²) in [5.41, 5.74) is 2.43. The Kier molecular flexibility index (Phi) is 4.04. The van der Waals surface area contributed by atoms with E-state index in [1.54, 1.807) is 36.7 Å². The number of nitriles is 1. The molecule has 0 aliphatic carbocycles. The number of ketones is 1. The number of Topliss-reactive ketones (excluding diaryl/α,β-unsaturated/α-hetero) is 1. The summed E-state index contributed by atoms with van der Waals surface area (Å²) in [6, 6.07) is 12.9. The molecule has 0 saturated carbocycles. The van der Waals surface area contributed by atoms with Gasteiger partial charge in [0.15, 0.2) is 5.78 Å². The van der Waals surface area contributed by atoms with Crippen LogP contribution in [-0.4, -0.2) is 10.8 Å². The predicted molar refractivity (Wildman–Crippen MR) is 72.7 cm³/mol. The molecule has 0 bridgehead atoms. The highest BCUT2D eigenvalue weighted by molar-refractivity contribution is 6.02. The van der Waals surface area contributed by atoms with Gasteiger partial charge in [0, 0.05) is 18.0 Å². The van der Waals surface area contributed by atoms with Crippen LogP contribution in [0, 0.1) is 11.3 Å². The van der Waals surface area contributed by atoms with E-state index in [1.165, 1.54) is 5.56 Å². The highest BCUT2D eigenvalue weighted by Gasteiger charge is 2.21. The van der Waals surface area contributed by atoms with Gasteiger partial charge in [-0.05, 0) is 29.7 Å². The van der Waals surface area contributed by atoms with E-state index in [4.69, 9.17) is 0 Å². The third-order valence-electron chi connectivity index (χ3n) is 3.08. The summed E-state index contributed by atoms with van der Waals surface area (Å²) in [6.07, 6.45) is 4.11. The van der Waals surface area contributed by atoms with Crippen molar-refractivity contribution in [2.24, 2.45) is 0 Å². The number of benzene rings is 1. The van der Waals surface area contributed by atoms with Crippen LogP contribution in [0.25, 0.3) is 0 Å². The highest BCUT2D eigenvalue weighted by atomic mass is 16.1. The molecule has 0 N–H and O–H groups in total. The number of aromatic nitrogens is 1. The number of hydrogen-bond acceptors (Lipinski definition) is 3. The van der Waals surface area contributed by atoms with E-state index < -0.39 is 5.92 Å². The van der Waals surface area contributed by atoms with Gasteiger partial charge in [-0.25, -0.2) is 0 Å². The van der Waals surface area contributed by atoms with Gasteiger partial charge in [-0.1, -0.05) is 31.2 Å². The van der Waals surface area contributed by atoms with E-state index >= 15 is 0 Å². The van der Waals surface area contributed by atoms with Gasteiger partial charge in [-0.3, -0.25) is 9.78 Å². The van der Waals surface area contributed by atoms with E-state index in [1.807, 2.05) is 12.1 Å². The number of aryl methyl sites for hydroxylation is 1. The zero-order valence-corrected chi connectivity index (χ0v) is 10.7. The molecule has 94 valence electrons. The molecule has 3 nitrogen and oxygen atoms in total. The minimum absolute atomic E-state index is 0.170. The first-order valence-electron chi connectivity index (χ1n) is 6.19. The fourth-order valence-electron chi connectivity index (χ4n) is 1.91. The van der Waals surface area contributed by atoms with Crippen molar-refractivity contribution in [2.75, 3.05) is 0 Å². The largest absolute Gasteiger partial charge is 0.292 e. The summed E-state index contributed by atoms with van der Waals surface area (Å²) >= 11 is 0. The average molecular weight is 250 g/mol. The van der Waals surface area contributed by atoms with E-state index in [0.717, 1.165) is 6.42 Å². The van der Waals surface area contributed by atoms with E-state index in [2.05, 4.69) is 18.0 Å². The lowest BCUT2D eigenvalue weighted by Gasteiger charge is -2.08. The molecule has 0 saturated heterocycles. The Morgan fingerprint density at radius 1 is 1.21 bits per heavy atom. The Hall–Kier alpha value is -2.47. The summed E-state index contributed by atoms with van der Waals surface area (Å²) in [5.74, 6) is -0.938. The number of carbonyl (C=O) groups is 1. The van der Waals surface area contributed by atoms with Gasteiger partial charge in [-0.15, -0.1) is 0 Å². The molecule has 1 aromatic heterocycles. The topological polar surface area (TPSA) is 53.8 Å². The van der Waals surface area contributed by atoms with Crippen LogP contribution in [0.2, 0.25) is 0 Å². The van der Waals surface area contributed by atoms with Crippen molar-refractivity contribution in [1.82, 2.24) is 4.98 Å². The van der Waals surface area contributed by atoms with Crippen molar-refractivity contribution in [3.05, 3.63) is 65.5 Å². The minimum atomic E-state index is -0.768. The van der Waals surface area contributed by atoms with Gasteiger partial charge in [0.05, 0.1) is 6.07 Å². The van der Waals surface area contributed by atoms with Crippen LogP contribution >= 0.6 is 0 Å². The van der Waals surface area contributed by atoms with Crippen molar-refractivity contribution in [3.8, 4) is 6.07 Å². The smallest absolute Gasteiger partial charge is 0.184 e. The standard InChI is InChI=1S/C16H14N2O/c1-2-12-3-5-14(6-4-12)16(19)15(11-17)13-7-9-18-10-8-13/h3-10,15H,2H2,1H3. The molecule has 1 unspecified atom stereocenters. The summed E-state index contributed by atoms with van der Waals surface area (Å²) in [4.78, 5) is 16.2. The second-order valence-corrected chi connectivity index (χ2v) is 4.26. The third-order valence-corrected chi connectivity index (χ3v) is 3.08. The van der Waals surface area contributed by atoms with Crippen molar-refractivity contribution < 1.29 is 4.79 Å². The minimum Gasteiger partial charge on any atom is -0.292 e. The Labute approximate surface area is 112 Å². The average Bonchev–Trinajstić information content (AvgIpc) is 2.49. The molecule has 3 heteroatoms. The molecule has 0 aliphatic rings. The van der Waals surface area contributed by atoms with Gasteiger partial charge in [0.25, 0.3) is 0 Å². The molecular weight excluding hydrogens is 236 g/mol. The van der Waals surface area contributed by atoms with Crippen molar-refractivity contribution >= 4 is 5.78 Å². The van der Waals surface area contributed by atoms with Crippen LogP contribution in [0.3, 0.4) is 0 Å². The lowest BCUT2D eigenvalue weighted by Crippen LogP contribution is -2.11. The zero-order valence-electron chi connectivity index (χ0n) is 10.7. The predicted octanol–water partition coefficient (Wildman–Crippen LogP) is 3.13. The molecule has 1 atom stereocenters. The lowest BCUT2D eigenvalue weighted by molar-refractivity contribution is 0.0979. The van der Waals surface area contributed by atoms with Crippen LogP contribution in [0.4, 0.5) is 0 Å². The SMILES string of the molecule is CCc1ccc(C(=O)C(C#N)c2ccncc2)cc1. The number of carbonyl (C=O) groups excluding carboxylic acids is 1. The Balaban J connectivity index is 2.29. The van der Waals surface area contributed by atoms with Gasteiger partial charge in [-0.2, -0.15) is 5.26 Å². The van der Waals surface area contributed by atoms with E-state index in [0.29, 0.717) is 11.1 Å². The fraction of sp³-hybridized carbons (Fsp3) is 0.188. The first-order valence-corrected chi connectivity index (χ1v) is 6.19. The maximum atomic E-state index is 12.3. The Morgan fingerprint density at radius 3 is 2.37 bits per heavy atom. The second kappa shape index (κ2) is 5.92. The molecule has 19 heavy (non-hydrogen) atoms. The molecule has 2 aromatic rings. The summed E-state index contributed by atoms with van der Waals surface area (Å²) < 4.78 is 0. The lowest BCUT2D eigenvalue weighted by atomic mass is 9.92. The molecule has 1 heterocycles. The Morgan fingerprint density at radius 2 is 1.84 bits per heavy atom. The zero-order chi connectivity index (χ0) is 13.7. The van der Waals surface area contributed by atoms with Crippen LogP contribution in [-0.2, 0) is 6.42 Å². The summed E-state index contributed by atoms with van der Waals surface area (Å²) in [7, 11) is 0. The van der Waals surface area contributed by atoms with Crippen LogP contribution in [0.5, 0.6) is 0 Å². The van der Waals surface area contributed by atoms with Crippen LogP contribution in [0.15, 0.2) is 48.8 Å². The van der Waals surface area contributed by atoms with Gasteiger partial charge < -0.3 is 0 Å². The maximum Gasteiger partial charge on any atom is 0.184 e. The normalized spacial score (nSPS) is 11.6. The quantitative estimate of drug-likeness (QED) is 0.783. The molecule has 0 fully saturated rings. The number of nitrogens with zero attached hydrogens (tertiary/aromatic N) is 2. The van der Waals surface area contributed by atoms with Crippen LogP contribution in [0.1, 0.15) is 34.3 Å². The van der Waals surface area contributed by atoms with Crippen molar-refractivity contribution in [1.29, 1.82) is 5.26 Å². The monoisotopic (exact) mass is 250 g/mol. The van der Waals surface area contributed by atoms with E-state index in [-0.39, 0.29) is 5.78 Å². The highest BCUT2D eigenvalue weighted by Crippen LogP contribution is 2.20. The van der Waals surface area contributed by atoms with Crippen molar-refractivity contribution in [2.45, 2.75) is 19.3 Å². The molecule has 0 spiro atoms. The first-order chi connectivity index (χ1) is 9.26. The van der Waals surface area contributed by atoms with E-state index in [9.17, 15) is 10.1 Å². The second-order valence-electron chi connectivity index (χ2n) is 4.26. The first kappa shape index (κ1) is 13.0. The molecule has 2 rings (SSSR count). The van der Waals surface area contributed by atoms with Crippen molar-refractivity contribution in [3.63, 3.8) is 0 Å². The van der Waals surface area contributed by atoms with Gasteiger partial charge in [0.1, 0.15) is 5.92 Å².